The zero-order chi connectivity index (χ0) is 12.2. The van der Waals surface area contributed by atoms with Gasteiger partial charge in [-0.2, -0.15) is 27.0 Å². The van der Waals surface area contributed by atoms with E-state index in [1.54, 1.807) is 22.7 Å². The van der Waals surface area contributed by atoms with Gasteiger partial charge in [0.15, 0.2) is 0 Å². The maximum absolute atomic E-state index is 4.14. The Balaban J connectivity index is 0.000000182. The Hall–Kier alpha value is -1.08. The van der Waals surface area contributed by atoms with Gasteiger partial charge in [0.25, 0.3) is 0 Å². The molecule has 0 saturated carbocycles. The third-order valence-electron chi connectivity index (χ3n) is 2.47. The van der Waals surface area contributed by atoms with Crippen LogP contribution in [0.25, 0.3) is 20.4 Å². The summed E-state index contributed by atoms with van der Waals surface area (Å²) in [5, 5.41) is 0. The zero-order valence-electron chi connectivity index (χ0n) is 10.5. The molecule has 0 spiro atoms. The molecule has 0 radical (unpaired) electrons. The van der Waals surface area contributed by atoms with Crippen LogP contribution in [0.15, 0.2) is 59.6 Å². The van der Waals surface area contributed by atoms with Gasteiger partial charge in [0.05, 0.1) is 31.5 Å². The van der Waals surface area contributed by atoms with Crippen LogP contribution in [0, 0.1) is 0 Å². The summed E-state index contributed by atoms with van der Waals surface area (Å²) in [6.45, 7) is 0. The van der Waals surface area contributed by atoms with E-state index < -0.39 is 0 Å². The summed E-state index contributed by atoms with van der Waals surface area (Å²) in [4.78, 5) is 8.27. The van der Waals surface area contributed by atoms with Gasteiger partial charge < -0.3 is 0 Å². The lowest BCUT2D eigenvalue weighted by Crippen LogP contribution is -1.61. The molecule has 2 nitrogen and oxygen atoms in total. The van der Waals surface area contributed by atoms with E-state index in [-0.39, 0.29) is 27.0 Å². The van der Waals surface area contributed by atoms with Crippen molar-refractivity contribution in [2.75, 3.05) is 0 Å². The van der Waals surface area contributed by atoms with Gasteiger partial charge in [-0.15, -0.1) is 22.7 Å². The van der Waals surface area contributed by atoms with E-state index in [0.29, 0.717) is 0 Å². The van der Waals surface area contributed by atoms with Crippen LogP contribution in [0.1, 0.15) is 0 Å². The molecule has 0 saturated heterocycles. The van der Waals surface area contributed by atoms with Gasteiger partial charge in [-0.1, -0.05) is 24.3 Å². The molecule has 20 heavy (non-hydrogen) atoms. The summed E-state index contributed by atoms with van der Waals surface area (Å²) in [5.41, 5.74) is 5.93. The average molecular weight is 339 g/mol. The Morgan fingerprint density at radius 1 is 0.600 bits per heavy atom. The Morgan fingerprint density at radius 3 is 1.40 bits per heavy atom. The number of benzene rings is 2. The highest BCUT2D eigenvalue weighted by molar-refractivity contribution is 7.59. The lowest BCUT2D eigenvalue weighted by atomic mass is 10.3. The van der Waals surface area contributed by atoms with Crippen molar-refractivity contribution in [3.8, 4) is 0 Å². The second kappa shape index (κ2) is 8.26. The Kier molecular flexibility index (Phi) is 7.01. The number of nitrogens with zero attached hydrogens (tertiary/aromatic N) is 2. The molecular weight excluding hydrogens is 324 g/mol. The molecule has 2 aromatic carbocycles. The quantitative estimate of drug-likeness (QED) is 0.459. The SMILES string of the molecule is S.S.c1ccc2scnc2c1.c1ccc2scnc2c1. The third kappa shape index (κ3) is 3.96. The highest BCUT2D eigenvalue weighted by atomic mass is 32.1. The first-order valence-electron chi connectivity index (χ1n) is 5.50. The highest BCUT2D eigenvalue weighted by Crippen LogP contribution is 2.16. The fraction of sp³-hybridized carbons (Fsp3) is 0. The van der Waals surface area contributed by atoms with Crippen LogP contribution in [0.3, 0.4) is 0 Å². The van der Waals surface area contributed by atoms with Crippen molar-refractivity contribution in [1.82, 2.24) is 9.97 Å². The first kappa shape index (κ1) is 17.0. The highest BCUT2D eigenvalue weighted by Gasteiger charge is 1.90. The first-order chi connectivity index (χ1) is 8.93. The molecule has 4 rings (SSSR count). The molecule has 0 bridgehead atoms. The summed E-state index contributed by atoms with van der Waals surface area (Å²) in [6.07, 6.45) is 0. The van der Waals surface area contributed by atoms with Crippen LogP contribution in [0.2, 0.25) is 0 Å². The van der Waals surface area contributed by atoms with Crippen molar-refractivity contribution in [3.05, 3.63) is 59.6 Å². The molecule has 0 N–H and O–H groups in total. The van der Waals surface area contributed by atoms with E-state index in [2.05, 4.69) is 22.1 Å². The number of aromatic nitrogens is 2. The van der Waals surface area contributed by atoms with Crippen molar-refractivity contribution in [1.29, 1.82) is 0 Å². The molecule has 2 aromatic heterocycles. The topological polar surface area (TPSA) is 25.8 Å². The normalized spacial score (nSPS) is 9.20. The molecule has 0 amide bonds. The second-order valence-corrected chi connectivity index (χ2v) is 5.41. The average Bonchev–Trinajstić information content (AvgIpc) is 3.08. The number of rotatable bonds is 0. The second-order valence-electron chi connectivity index (χ2n) is 3.64. The molecule has 6 heteroatoms. The lowest BCUT2D eigenvalue weighted by molar-refractivity contribution is 1.50. The summed E-state index contributed by atoms with van der Waals surface area (Å²) in [5.74, 6) is 0. The third-order valence-corrected chi connectivity index (χ3v) is 4.09. The standard InChI is InChI=1S/2C7H5NS.2H2S/c2*1-2-4-7-6(3-1)8-5-9-7;;/h2*1-5H;2*1H2. The number of hydrogen-bond donors (Lipinski definition) is 0. The predicted molar refractivity (Wildman–Crippen MR) is 100 cm³/mol. The van der Waals surface area contributed by atoms with Gasteiger partial charge in [-0.3, -0.25) is 0 Å². The molecule has 0 aliphatic rings. The van der Waals surface area contributed by atoms with Crippen molar-refractivity contribution >= 4 is 70.1 Å². The van der Waals surface area contributed by atoms with E-state index in [4.69, 9.17) is 0 Å². The Labute approximate surface area is 139 Å². The largest absolute Gasteiger partial charge is 0.245 e. The predicted octanol–water partition coefficient (Wildman–Crippen LogP) is 4.82. The van der Waals surface area contributed by atoms with Crippen LogP contribution in [-0.2, 0) is 0 Å². The fourth-order valence-electron chi connectivity index (χ4n) is 1.61. The summed E-state index contributed by atoms with van der Waals surface area (Å²) in [7, 11) is 0. The molecule has 104 valence electrons. The molecular formula is C14H14N2S4. The van der Waals surface area contributed by atoms with E-state index >= 15 is 0 Å². The summed E-state index contributed by atoms with van der Waals surface area (Å²) < 4.78 is 2.52. The molecule has 2 heterocycles. The van der Waals surface area contributed by atoms with Gasteiger partial charge >= 0.3 is 0 Å². The van der Waals surface area contributed by atoms with Crippen LogP contribution in [-0.4, -0.2) is 9.97 Å². The summed E-state index contributed by atoms with van der Waals surface area (Å²) >= 11 is 3.35. The molecule has 0 aliphatic carbocycles. The van der Waals surface area contributed by atoms with Crippen molar-refractivity contribution < 1.29 is 0 Å². The molecule has 0 unspecified atom stereocenters. The number of hydrogen-bond acceptors (Lipinski definition) is 4. The number of thiazole rings is 2. The Bertz CT molecular complexity index is 637. The minimum absolute atomic E-state index is 0. The molecule has 0 atom stereocenters. The molecule has 0 fully saturated rings. The maximum Gasteiger partial charge on any atom is 0.0812 e. The first-order valence-corrected chi connectivity index (χ1v) is 7.26. The van der Waals surface area contributed by atoms with Crippen molar-refractivity contribution in [2.45, 2.75) is 0 Å². The molecule has 0 aliphatic heterocycles. The maximum atomic E-state index is 4.14. The monoisotopic (exact) mass is 338 g/mol. The number of para-hydroxylation sites is 2. The molecule has 4 aromatic rings. The van der Waals surface area contributed by atoms with Crippen LogP contribution >= 0.6 is 49.7 Å². The summed E-state index contributed by atoms with van der Waals surface area (Å²) in [6, 6.07) is 16.3. The fourth-order valence-corrected chi connectivity index (χ4v) is 2.96. The van der Waals surface area contributed by atoms with Crippen LogP contribution in [0.4, 0.5) is 0 Å². The van der Waals surface area contributed by atoms with Gasteiger partial charge in [0.1, 0.15) is 0 Å². The van der Waals surface area contributed by atoms with E-state index in [1.165, 1.54) is 9.40 Å². The van der Waals surface area contributed by atoms with Crippen LogP contribution in [0.5, 0.6) is 0 Å². The van der Waals surface area contributed by atoms with Gasteiger partial charge in [0, 0.05) is 0 Å². The van der Waals surface area contributed by atoms with E-state index in [9.17, 15) is 0 Å². The smallest absolute Gasteiger partial charge is 0.0812 e. The van der Waals surface area contributed by atoms with Gasteiger partial charge in [-0.25, -0.2) is 9.97 Å². The van der Waals surface area contributed by atoms with E-state index in [1.807, 2.05) is 47.4 Å². The number of fused-ring (bicyclic) bond motifs is 2. The van der Waals surface area contributed by atoms with E-state index in [0.717, 1.165) is 11.0 Å². The van der Waals surface area contributed by atoms with Crippen LogP contribution < -0.4 is 0 Å². The van der Waals surface area contributed by atoms with Crippen molar-refractivity contribution in [2.24, 2.45) is 0 Å². The minimum Gasteiger partial charge on any atom is -0.245 e. The van der Waals surface area contributed by atoms with Gasteiger partial charge in [0.2, 0.25) is 0 Å². The Morgan fingerprint density at radius 2 is 1.00 bits per heavy atom. The van der Waals surface area contributed by atoms with Gasteiger partial charge in [-0.05, 0) is 24.3 Å². The lowest BCUT2D eigenvalue weighted by Gasteiger charge is -1.80. The minimum atomic E-state index is 0. The zero-order valence-corrected chi connectivity index (χ0v) is 14.1. The van der Waals surface area contributed by atoms with Crippen molar-refractivity contribution in [3.63, 3.8) is 0 Å².